The molecule has 3 heterocycles. The fourth-order valence-electron chi connectivity index (χ4n) is 7.40. The van der Waals surface area contributed by atoms with Gasteiger partial charge in [0.2, 0.25) is 41.4 Å². The number of benzene rings is 1. The maximum Gasteiger partial charge on any atom is 0.354 e. The quantitative estimate of drug-likeness (QED) is 0.0204. The summed E-state index contributed by atoms with van der Waals surface area (Å²) in [6.45, 7) is 0.766. The number of phenols is 1. The Kier molecular flexibility index (Phi) is 25.6. The van der Waals surface area contributed by atoms with E-state index in [-0.39, 0.29) is 61.1 Å². The van der Waals surface area contributed by atoms with Crippen molar-refractivity contribution in [3.63, 3.8) is 0 Å². The summed E-state index contributed by atoms with van der Waals surface area (Å²) < 4.78 is 9.77. The minimum absolute atomic E-state index is 0.0179. The van der Waals surface area contributed by atoms with Gasteiger partial charge in [-0.15, -0.1) is 0 Å². The van der Waals surface area contributed by atoms with Gasteiger partial charge >= 0.3 is 11.9 Å². The summed E-state index contributed by atoms with van der Waals surface area (Å²) in [4.78, 5) is 140. The molecule has 7 unspecified atom stereocenters. The first-order valence-electron chi connectivity index (χ1n) is 23.8. The molecule has 4 rings (SSSR count). The first kappa shape index (κ1) is 64.1. The van der Waals surface area contributed by atoms with Crippen molar-refractivity contribution in [1.29, 1.82) is 0 Å². The second-order valence-corrected chi connectivity index (χ2v) is 22.1. The zero-order valence-electron chi connectivity index (χ0n) is 42.4. The molecule has 0 radical (unpaired) electrons. The number of carboxylic acid groups (broad SMARTS) is 1. The minimum atomic E-state index is -1.76. The van der Waals surface area contributed by atoms with Crippen LogP contribution >= 0.6 is 45.6 Å². The lowest BCUT2D eigenvalue weighted by atomic mass is 10.0. The first-order valence-corrected chi connectivity index (χ1v) is 28.5. The maximum absolute atomic E-state index is 14.7. The molecule has 27 nitrogen and oxygen atoms in total. The number of nitrogens with one attached hydrogen (secondary N) is 8. The number of aliphatic hydroxyl groups is 2. The van der Waals surface area contributed by atoms with Gasteiger partial charge in [0, 0.05) is 30.9 Å². The number of phenolic OH excluding ortho intramolecular Hbond substituents is 1. The molecule has 1 aromatic carbocycles. The van der Waals surface area contributed by atoms with Gasteiger partial charge in [-0.05, 0) is 54.9 Å². The van der Waals surface area contributed by atoms with Crippen LogP contribution in [0.3, 0.4) is 0 Å². The standard InChI is InChI=1S/C46H62N10O17S5/c1-21(2)14-31(60)40-55-33(46(71)73-40)41(74)47-16-32(61)48-26(17-57)35(62)51-29-20-78-77-19-28(37(64)49-24(44(68)69)11-13-76-4)52-36(63)27(18-58)53-42(75)34(45(70)72-3)54-39(66)30-6-5-12-56(30)43(67)25(50-38(29)65)15-22-7-9-23(59)10-8-22/h7-10,21,24-30,53,57-59,71,75H,5-6,11-20H2,1-4H3,(H,47,74)(H,48,61)(H,49,64)(H,50,65)(H,51,62)(H,52,63)(H,54,66)(H,68,69)/p-2. The van der Waals surface area contributed by atoms with Gasteiger partial charge in [-0.3, -0.25) is 38.4 Å². The number of ether oxygens (including phenoxy) is 1. The van der Waals surface area contributed by atoms with Gasteiger partial charge in [0.05, 0.1) is 32.8 Å². The van der Waals surface area contributed by atoms with Crippen molar-refractivity contribution in [3.05, 3.63) is 52.1 Å². The fraction of sp³-hybridized carbons (Fsp3) is 0.522. The summed E-state index contributed by atoms with van der Waals surface area (Å²) in [5.41, 5.74) is -0.743. The van der Waals surface area contributed by atoms with E-state index in [1.807, 2.05) is 0 Å². The lowest BCUT2D eigenvalue weighted by molar-refractivity contribution is -0.294. The molecular formula is C46H60N10O17S5-2. The van der Waals surface area contributed by atoms with Crippen LogP contribution in [0.1, 0.15) is 61.5 Å². The van der Waals surface area contributed by atoms with Gasteiger partial charge in [0.15, 0.2) is 5.78 Å². The van der Waals surface area contributed by atoms with E-state index in [2.05, 4.69) is 47.5 Å². The summed E-state index contributed by atoms with van der Waals surface area (Å²) >= 11 is 11.9. The number of aliphatic hydroxyl groups excluding tert-OH is 2. The van der Waals surface area contributed by atoms with Gasteiger partial charge in [0.1, 0.15) is 70.3 Å². The zero-order valence-corrected chi connectivity index (χ0v) is 46.5. The highest BCUT2D eigenvalue weighted by Crippen LogP contribution is 2.25. The molecule has 7 atom stereocenters. The average molecular weight is 1190 g/mol. The number of nitrogens with zero attached hydrogens (tertiary/aromatic N) is 2. The number of fused-ring (bicyclic) bond motifs is 1. The van der Waals surface area contributed by atoms with E-state index in [1.165, 1.54) is 36.0 Å². The molecule has 1 fully saturated rings. The van der Waals surface area contributed by atoms with Crippen LogP contribution in [-0.4, -0.2) is 194 Å². The second-order valence-electron chi connectivity index (χ2n) is 17.7. The van der Waals surface area contributed by atoms with E-state index >= 15 is 0 Å². The molecule has 0 saturated carbocycles. The third kappa shape index (κ3) is 18.9. The van der Waals surface area contributed by atoms with Crippen LogP contribution in [0.4, 0.5) is 0 Å². The number of amides is 7. The van der Waals surface area contributed by atoms with Gasteiger partial charge < -0.3 is 94.7 Å². The maximum atomic E-state index is 14.7. The van der Waals surface area contributed by atoms with E-state index in [0.717, 1.165) is 33.6 Å². The van der Waals surface area contributed by atoms with Gasteiger partial charge in [-0.1, -0.05) is 64.8 Å². The van der Waals surface area contributed by atoms with Crippen molar-refractivity contribution in [3.8, 4) is 11.7 Å². The predicted molar refractivity (Wildman–Crippen MR) is 287 cm³/mol. The van der Waals surface area contributed by atoms with E-state index in [4.69, 9.17) is 34.0 Å². The molecule has 12 N–H and O–H groups in total. The molecule has 0 bridgehead atoms. The Morgan fingerprint density at radius 3 is 2.31 bits per heavy atom. The van der Waals surface area contributed by atoms with Crippen LogP contribution in [0.15, 0.2) is 39.4 Å². The van der Waals surface area contributed by atoms with Crippen molar-refractivity contribution in [2.24, 2.45) is 5.92 Å². The number of oxazole rings is 1. The third-order valence-corrected chi connectivity index (χ3v) is 15.2. The number of thiocarbonyl (C=S) groups is 1. The molecule has 1 saturated heterocycles. The molecule has 2 aliphatic heterocycles. The smallest absolute Gasteiger partial charge is 0.354 e. The Labute approximate surface area is 469 Å². The Bertz CT molecular complexity index is 2570. The molecule has 7 amide bonds. The predicted octanol–water partition coefficient (Wildman–Crippen LogP) is -3.21. The molecule has 32 heteroatoms. The summed E-state index contributed by atoms with van der Waals surface area (Å²) in [6.07, 6.45) is 1.78. The van der Waals surface area contributed by atoms with Crippen molar-refractivity contribution >= 4 is 122 Å². The van der Waals surface area contributed by atoms with E-state index in [1.54, 1.807) is 20.1 Å². The summed E-state index contributed by atoms with van der Waals surface area (Å²) in [7, 11) is 2.66. The molecule has 0 spiro atoms. The number of methoxy groups -OCH3 is 1. The summed E-state index contributed by atoms with van der Waals surface area (Å²) in [6, 6.07) is -5.32. The molecule has 2 aromatic rings. The SMILES string of the molecule is COC(=O)C1=C([S-])NC(CO)C(=O)NC(C(=O)NC(CCSC)C(=O)O)CSSCC(NC(=O)C(CO)NC(=O)CNC(=S)c2nc(C(=O)CC(C)C)oc2[O-])C(=O)NC(Cc2ccc(O)cc2)C(=O)N2CCCC2C(=O)N1. The minimum Gasteiger partial charge on any atom is -0.761 e. The van der Waals surface area contributed by atoms with E-state index in [9.17, 15) is 73.5 Å². The van der Waals surface area contributed by atoms with E-state index in [0.29, 0.717) is 11.3 Å². The number of aliphatic carboxylic acids is 1. The lowest BCUT2D eigenvalue weighted by Gasteiger charge is -2.31. The number of ketones is 1. The zero-order chi connectivity index (χ0) is 57.8. The number of aromatic hydroxyl groups is 1. The Morgan fingerprint density at radius 1 is 0.987 bits per heavy atom. The number of Topliss-reactive ketones (excluding diaryl/α,β-unsaturated/α-hetero) is 1. The van der Waals surface area contributed by atoms with Crippen molar-refractivity contribution in [2.75, 3.05) is 56.9 Å². The van der Waals surface area contributed by atoms with Gasteiger partial charge in [-0.2, -0.15) is 11.8 Å². The van der Waals surface area contributed by atoms with Crippen molar-refractivity contribution in [2.45, 2.75) is 88.2 Å². The lowest BCUT2D eigenvalue weighted by Crippen LogP contribution is -2.60. The Hall–Kier alpha value is -6.45. The highest BCUT2D eigenvalue weighted by atomic mass is 33.1. The van der Waals surface area contributed by atoms with Gasteiger partial charge in [0.25, 0.3) is 0 Å². The Balaban J connectivity index is 1.71. The molecule has 2 aliphatic rings. The van der Waals surface area contributed by atoms with Crippen molar-refractivity contribution in [1.82, 2.24) is 52.4 Å². The number of hydrogen-bond donors (Lipinski definition) is 12. The van der Waals surface area contributed by atoms with Crippen LogP contribution in [0.25, 0.3) is 0 Å². The van der Waals surface area contributed by atoms with Crippen molar-refractivity contribution < 1.29 is 82.6 Å². The van der Waals surface area contributed by atoms with Crippen LogP contribution in [-0.2, 0) is 66.9 Å². The highest BCUT2D eigenvalue weighted by molar-refractivity contribution is 8.76. The number of rotatable bonds is 20. The summed E-state index contributed by atoms with van der Waals surface area (Å²) in [5, 5.41) is 71.8. The second kappa shape index (κ2) is 31.2. The van der Waals surface area contributed by atoms with Crippen LogP contribution in [0.5, 0.6) is 11.7 Å². The normalized spacial score (nSPS) is 20.6. The van der Waals surface area contributed by atoms with Crippen LogP contribution in [0, 0.1) is 5.92 Å². The van der Waals surface area contributed by atoms with Crippen LogP contribution in [0.2, 0.25) is 0 Å². The topological polar surface area (TPSA) is 409 Å². The molecule has 0 aliphatic carbocycles. The fourth-order valence-corrected chi connectivity index (χ4v) is 10.7. The number of esters is 1. The molecule has 428 valence electrons. The first-order chi connectivity index (χ1) is 37.0. The monoisotopic (exact) mass is 1180 g/mol. The number of hydrogen-bond acceptors (Lipinski definition) is 23. The number of carboxylic acids is 1. The Morgan fingerprint density at radius 2 is 1.68 bits per heavy atom. The average Bonchev–Trinajstić information content (AvgIpc) is 4.07. The summed E-state index contributed by atoms with van der Waals surface area (Å²) in [5.74, 6) is -12.3. The number of carbonyl (C=O) groups excluding carboxylic acids is 9. The number of carbonyl (C=O) groups is 10. The van der Waals surface area contributed by atoms with Crippen LogP contribution < -0.4 is 47.6 Å². The molecular weight excluding hydrogens is 1120 g/mol. The van der Waals surface area contributed by atoms with Gasteiger partial charge in [-0.25, -0.2) is 14.6 Å². The third-order valence-electron chi connectivity index (χ3n) is 11.4. The number of aromatic nitrogens is 1. The molecule has 78 heavy (non-hydrogen) atoms. The number of thioether (sulfide) groups is 1. The largest absolute Gasteiger partial charge is 0.761 e. The molecule has 1 aromatic heterocycles. The van der Waals surface area contributed by atoms with E-state index < -0.39 is 155 Å². The highest BCUT2D eigenvalue weighted by Gasteiger charge is 2.40.